The molecule has 0 amide bonds. The van der Waals surface area contributed by atoms with Crippen LogP contribution in [0.2, 0.25) is 0 Å². The van der Waals surface area contributed by atoms with E-state index in [0.717, 1.165) is 22.6 Å². The molecule has 5 aromatic rings. The van der Waals surface area contributed by atoms with Crippen molar-refractivity contribution in [3.63, 3.8) is 0 Å². The first-order valence-electron chi connectivity index (χ1n) is 13.9. The summed E-state index contributed by atoms with van der Waals surface area (Å²) < 4.78 is 6.14. The fraction of sp³-hybridized carbons (Fsp3) is 0.105. The molecule has 1 heterocycles. The van der Waals surface area contributed by atoms with Gasteiger partial charge in [0.1, 0.15) is 11.4 Å². The van der Waals surface area contributed by atoms with Crippen molar-refractivity contribution >= 4 is 44.7 Å². The quantitative estimate of drug-likeness (QED) is 0.164. The number of hydrogen-bond acceptors (Lipinski definition) is 3. The molecule has 0 aliphatic carbocycles. The zero-order chi connectivity index (χ0) is 29.1. The number of anilines is 3. The first-order chi connectivity index (χ1) is 20.5. The number of nitrogens with zero attached hydrogens (tertiary/aromatic N) is 3. The Morgan fingerprint density at radius 3 is 1.95 bits per heavy atom. The van der Waals surface area contributed by atoms with Gasteiger partial charge in [-0.05, 0) is 72.2 Å². The van der Waals surface area contributed by atoms with Crippen molar-refractivity contribution in [2.75, 3.05) is 4.90 Å². The second-order valence-corrected chi connectivity index (χ2v) is 10.9. The maximum atomic E-state index is 9.38. The van der Waals surface area contributed by atoms with E-state index in [0.29, 0.717) is 17.8 Å². The molecule has 0 bridgehead atoms. The molecule has 0 atom stereocenters. The topological polar surface area (TPSA) is 40.6 Å². The van der Waals surface area contributed by atoms with Gasteiger partial charge in [0.15, 0.2) is 0 Å². The first-order valence-corrected chi connectivity index (χ1v) is 13.9. The third kappa shape index (κ3) is 5.27. The van der Waals surface area contributed by atoms with E-state index in [1.807, 2.05) is 32.1 Å². The maximum absolute atomic E-state index is 9.38. The molecule has 1 aliphatic heterocycles. The molecule has 0 fully saturated rings. The van der Waals surface area contributed by atoms with Crippen molar-refractivity contribution in [3.8, 4) is 6.07 Å². The molecule has 0 unspecified atom stereocenters. The maximum Gasteiger partial charge on any atom is 0.265 e. The second kappa shape index (κ2) is 11.1. The van der Waals surface area contributed by atoms with Crippen molar-refractivity contribution in [2.45, 2.75) is 25.9 Å². The van der Waals surface area contributed by atoms with Crippen molar-refractivity contribution in [2.24, 2.45) is 0 Å². The zero-order valence-electron chi connectivity index (χ0n) is 23.6. The van der Waals surface area contributed by atoms with Gasteiger partial charge in [0.2, 0.25) is 0 Å². The molecule has 0 N–H and O–H groups in total. The highest BCUT2D eigenvalue weighted by Crippen LogP contribution is 2.42. The summed E-state index contributed by atoms with van der Waals surface area (Å²) >= 11 is 0. The van der Waals surface area contributed by atoms with Gasteiger partial charge in [0.25, 0.3) is 5.70 Å². The van der Waals surface area contributed by atoms with Crippen LogP contribution in [0.3, 0.4) is 0 Å². The number of allylic oxidation sites excluding steroid dienone is 3. The predicted molar refractivity (Wildman–Crippen MR) is 172 cm³/mol. The van der Waals surface area contributed by atoms with Crippen LogP contribution >= 0.6 is 0 Å². The zero-order valence-corrected chi connectivity index (χ0v) is 23.6. The molecule has 0 saturated heterocycles. The molecule has 5 aromatic carbocycles. The summed E-state index contributed by atoms with van der Waals surface area (Å²) in [4.78, 5) is 5.73. The molecule has 0 spiro atoms. The van der Waals surface area contributed by atoms with Crippen LogP contribution in [-0.2, 0) is 4.74 Å². The fourth-order valence-corrected chi connectivity index (χ4v) is 5.60. The number of benzene rings is 5. The third-order valence-corrected chi connectivity index (χ3v) is 7.46. The smallest absolute Gasteiger partial charge is 0.265 e. The minimum Gasteiger partial charge on any atom is -0.488 e. The Kier molecular flexibility index (Phi) is 7.05. The van der Waals surface area contributed by atoms with Gasteiger partial charge < -0.3 is 9.64 Å². The lowest BCUT2D eigenvalue weighted by Gasteiger charge is -2.32. The second-order valence-electron chi connectivity index (χ2n) is 10.9. The summed E-state index contributed by atoms with van der Waals surface area (Å²) in [5.41, 5.74) is 4.61. The summed E-state index contributed by atoms with van der Waals surface area (Å²) in [6.45, 7) is 11.3. The van der Waals surface area contributed by atoms with Crippen molar-refractivity contribution in [1.82, 2.24) is 0 Å². The Morgan fingerprint density at radius 1 is 0.810 bits per heavy atom. The van der Waals surface area contributed by atoms with E-state index in [9.17, 15) is 5.26 Å². The number of hydrogen-bond donors (Lipinski definition) is 0. The van der Waals surface area contributed by atoms with Crippen LogP contribution in [0.25, 0.3) is 32.5 Å². The van der Waals surface area contributed by atoms with Gasteiger partial charge in [-0.25, -0.2) is 10.1 Å². The van der Waals surface area contributed by atoms with Gasteiger partial charge in [0.05, 0.1) is 24.0 Å². The standard InChI is InChI=1S/C38H29N3O/c1-38(2)25-30(35(26-39)40-3)24-32(42-38)23-20-27-18-21-31(22-19-27)41(36-16-8-12-28-10-4-6-14-33(28)36)37-17-9-13-29-11-5-7-15-34(29)37/h4-24H,25H2,1-2H3. The lowest BCUT2D eigenvalue weighted by Crippen LogP contribution is -2.27. The van der Waals surface area contributed by atoms with E-state index >= 15 is 0 Å². The summed E-state index contributed by atoms with van der Waals surface area (Å²) in [6.07, 6.45) is 6.22. The molecule has 1 aliphatic rings. The predicted octanol–water partition coefficient (Wildman–Crippen LogP) is 10.3. The Hall–Kier alpha value is -5.58. The van der Waals surface area contributed by atoms with Crippen LogP contribution in [0.1, 0.15) is 25.8 Å². The molecule has 6 rings (SSSR count). The molecule has 202 valence electrons. The molecule has 0 aromatic heterocycles. The summed E-state index contributed by atoms with van der Waals surface area (Å²) in [5, 5.41) is 14.1. The molecule has 0 radical (unpaired) electrons. The fourth-order valence-electron chi connectivity index (χ4n) is 5.60. The van der Waals surface area contributed by atoms with E-state index in [1.54, 1.807) is 6.08 Å². The molecular formula is C38H29N3O. The molecule has 42 heavy (non-hydrogen) atoms. The van der Waals surface area contributed by atoms with E-state index in [1.165, 1.54) is 21.5 Å². The molecular weight excluding hydrogens is 514 g/mol. The first kappa shape index (κ1) is 26.6. The normalized spacial score (nSPS) is 15.5. The van der Waals surface area contributed by atoms with Crippen molar-refractivity contribution in [3.05, 3.63) is 155 Å². The van der Waals surface area contributed by atoms with E-state index in [2.05, 4.69) is 119 Å². The highest BCUT2D eigenvalue weighted by molar-refractivity contribution is 6.04. The Morgan fingerprint density at radius 2 is 1.38 bits per heavy atom. The largest absolute Gasteiger partial charge is 0.488 e. The van der Waals surface area contributed by atoms with E-state index in [4.69, 9.17) is 11.3 Å². The van der Waals surface area contributed by atoms with Crippen molar-refractivity contribution < 1.29 is 4.74 Å². The summed E-state index contributed by atoms with van der Waals surface area (Å²) in [5.74, 6) is 0.634. The number of ether oxygens (including phenoxy) is 1. The van der Waals surface area contributed by atoms with Gasteiger partial charge in [-0.15, -0.1) is 0 Å². The Bertz CT molecular complexity index is 1880. The summed E-state index contributed by atoms with van der Waals surface area (Å²) in [6, 6.07) is 40.3. The minimum atomic E-state index is -0.502. The van der Waals surface area contributed by atoms with Gasteiger partial charge in [0, 0.05) is 22.9 Å². The van der Waals surface area contributed by atoms with Gasteiger partial charge >= 0.3 is 0 Å². The van der Waals surface area contributed by atoms with Crippen LogP contribution < -0.4 is 4.90 Å². The Balaban J connectivity index is 1.41. The van der Waals surface area contributed by atoms with E-state index in [-0.39, 0.29) is 5.70 Å². The van der Waals surface area contributed by atoms with Crippen LogP contribution in [0, 0.1) is 17.9 Å². The van der Waals surface area contributed by atoms with Crippen LogP contribution in [-0.4, -0.2) is 5.60 Å². The molecule has 0 saturated carbocycles. The lowest BCUT2D eigenvalue weighted by molar-refractivity contribution is 0.0356. The van der Waals surface area contributed by atoms with Gasteiger partial charge in [-0.1, -0.05) is 91.0 Å². The highest BCUT2D eigenvalue weighted by Gasteiger charge is 2.27. The van der Waals surface area contributed by atoms with Crippen LogP contribution in [0.15, 0.2) is 138 Å². The highest BCUT2D eigenvalue weighted by atomic mass is 16.5. The van der Waals surface area contributed by atoms with Gasteiger partial charge in [-0.2, -0.15) is 0 Å². The average Bonchev–Trinajstić information content (AvgIpc) is 3.01. The minimum absolute atomic E-state index is 0.114. The summed E-state index contributed by atoms with van der Waals surface area (Å²) in [7, 11) is 0. The number of nitriles is 1. The number of rotatable bonds is 5. The third-order valence-electron chi connectivity index (χ3n) is 7.46. The van der Waals surface area contributed by atoms with Gasteiger partial charge in [-0.3, -0.25) is 0 Å². The molecule has 4 heteroatoms. The monoisotopic (exact) mass is 543 g/mol. The van der Waals surface area contributed by atoms with Crippen molar-refractivity contribution in [1.29, 1.82) is 5.26 Å². The van der Waals surface area contributed by atoms with Crippen LogP contribution in [0.5, 0.6) is 0 Å². The number of fused-ring (bicyclic) bond motifs is 2. The Labute approximate surface area is 246 Å². The molecule has 4 nitrogen and oxygen atoms in total. The van der Waals surface area contributed by atoms with Crippen LogP contribution in [0.4, 0.5) is 17.1 Å². The SMILES string of the molecule is [C-]#[N+]C(C#N)=C1C=C(C=Cc2ccc(N(c3cccc4ccccc34)c3cccc4ccccc34)cc2)OC(C)(C)C1. The lowest BCUT2D eigenvalue weighted by atomic mass is 9.93. The van der Waals surface area contributed by atoms with E-state index < -0.39 is 5.60 Å². The average molecular weight is 544 g/mol.